The van der Waals surface area contributed by atoms with Crippen LogP contribution >= 0.6 is 0 Å². The summed E-state index contributed by atoms with van der Waals surface area (Å²) in [6, 6.07) is 5.77. The van der Waals surface area contributed by atoms with Crippen molar-refractivity contribution in [2.24, 2.45) is 0 Å². The topological polar surface area (TPSA) is 42.7 Å². The van der Waals surface area contributed by atoms with Gasteiger partial charge in [-0.15, -0.1) is 0 Å². The highest BCUT2D eigenvalue weighted by Gasteiger charge is 2.26. The molecule has 0 N–H and O–H groups in total. The van der Waals surface area contributed by atoms with Gasteiger partial charge in [-0.2, -0.15) is 0 Å². The molecule has 20 heavy (non-hydrogen) atoms. The third kappa shape index (κ3) is 1.97. The van der Waals surface area contributed by atoms with E-state index in [1.807, 2.05) is 57.1 Å². The zero-order chi connectivity index (χ0) is 14.5. The molecule has 1 aromatic carbocycles. The zero-order valence-electron chi connectivity index (χ0n) is 12.1. The van der Waals surface area contributed by atoms with Gasteiger partial charge in [-0.25, -0.2) is 4.79 Å². The van der Waals surface area contributed by atoms with Crippen LogP contribution in [0.4, 0.5) is 5.69 Å². The molecule has 0 unspecified atom stereocenters. The van der Waals surface area contributed by atoms with E-state index >= 15 is 0 Å². The Morgan fingerprint density at radius 1 is 1.20 bits per heavy atom. The Hall–Kier alpha value is -2.23. The van der Waals surface area contributed by atoms with Crippen LogP contribution in [-0.4, -0.2) is 19.7 Å². The summed E-state index contributed by atoms with van der Waals surface area (Å²) in [7, 11) is 3.89. The molecule has 0 fully saturated rings. The van der Waals surface area contributed by atoms with Crippen molar-refractivity contribution in [3.05, 3.63) is 40.3 Å². The molecule has 1 aliphatic heterocycles. The van der Waals surface area contributed by atoms with Gasteiger partial charge in [-0.3, -0.25) is 0 Å². The third-order valence-corrected chi connectivity index (χ3v) is 3.41. The molecule has 0 saturated heterocycles. The Kier molecular flexibility index (Phi) is 2.64. The average Bonchev–Trinajstić information content (AvgIpc) is 2.36. The molecular weight excluding hydrogens is 254 g/mol. The molecule has 104 valence electrons. The quantitative estimate of drug-likeness (QED) is 0.748. The summed E-state index contributed by atoms with van der Waals surface area (Å²) in [4.78, 5) is 14.0. The second kappa shape index (κ2) is 4.13. The summed E-state index contributed by atoms with van der Waals surface area (Å²) in [6.45, 7) is 3.92. The Bertz CT molecular complexity index is 769. The third-order valence-electron chi connectivity index (χ3n) is 3.41. The number of nitrogens with zero attached hydrogens (tertiary/aromatic N) is 1. The zero-order valence-corrected chi connectivity index (χ0v) is 12.1. The molecule has 0 amide bonds. The lowest BCUT2D eigenvalue weighted by molar-refractivity contribution is 0.160. The minimum absolute atomic E-state index is 0.366. The van der Waals surface area contributed by atoms with Crippen LogP contribution in [0, 0.1) is 0 Å². The lowest BCUT2D eigenvalue weighted by atomic mass is 10.0. The molecule has 1 aromatic heterocycles. The smallest absolute Gasteiger partial charge is 0.347 e. The van der Waals surface area contributed by atoms with Gasteiger partial charge in [-0.05, 0) is 38.1 Å². The van der Waals surface area contributed by atoms with Crippen molar-refractivity contribution in [2.75, 3.05) is 19.0 Å². The first kappa shape index (κ1) is 12.8. The van der Waals surface area contributed by atoms with Crippen molar-refractivity contribution >= 4 is 22.7 Å². The second-order valence-corrected chi connectivity index (χ2v) is 5.75. The summed E-state index contributed by atoms with van der Waals surface area (Å²) < 4.78 is 11.4. The molecule has 1 aliphatic rings. The van der Waals surface area contributed by atoms with Crippen LogP contribution in [0.25, 0.3) is 17.0 Å². The molecule has 2 aromatic rings. The van der Waals surface area contributed by atoms with E-state index < -0.39 is 5.60 Å². The Balaban J connectivity index is 2.31. The molecule has 0 bridgehead atoms. The fraction of sp³-hybridized carbons (Fsp3) is 0.312. The highest BCUT2D eigenvalue weighted by Crippen LogP contribution is 2.36. The predicted molar refractivity (Wildman–Crippen MR) is 80.6 cm³/mol. The van der Waals surface area contributed by atoms with E-state index in [2.05, 4.69) is 0 Å². The van der Waals surface area contributed by atoms with Gasteiger partial charge in [-0.1, -0.05) is 0 Å². The van der Waals surface area contributed by atoms with Crippen LogP contribution in [0.2, 0.25) is 0 Å². The van der Waals surface area contributed by atoms with Crippen LogP contribution in [0.15, 0.2) is 33.5 Å². The van der Waals surface area contributed by atoms with Crippen molar-refractivity contribution in [1.29, 1.82) is 0 Å². The van der Waals surface area contributed by atoms with Gasteiger partial charge in [0.25, 0.3) is 0 Å². The number of anilines is 1. The van der Waals surface area contributed by atoms with Crippen LogP contribution in [0.1, 0.15) is 19.4 Å². The van der Waals surface area contributed by atoms with E-state index in [-0.39, 0.29) is 5.63 Å². The maximum atomic E-state index is 12.1. The molecule has 4 heteroatoms. The maximum Gasteiger partial charge on any atom is 0.347 e. The van der Waals surface area contributed by atoms with Crippen LogP contribution in [-0.2, 0) is 0 Å². The highest BCUT2D eigenvalue weighted by atomic mass is 16.5. The van der Waals surface area contributed by atoms with Crippen molar-refractivity contribution in [3.8, 4) is 5.75 Å². The van der Waals surface area contributed by atoms with Gasteiger partial charge in [0, 0.05) is 25.8 Å². The number of hydrogen-bond donors (Lipinski definition) is 0. The van der Waals surface area contributed by atoms with E-state index in [4.69, 9.17) is 9.15 Å². The van der Waals surface area contributed by atoms with Crippen molar-refractivity contribution in [2.45, 2.75) is 19.4 Å². The molecule has 0 saturated carbocycles. The molecular formula is C16H17NO3. The number of hydrogen-bond acceptors (Lipinski definition) is 4. The predicted octanol–water partition coefficient (Wildman–Crippen LogP) is 3.04. The standard InChI is InChI=1S/C16H17NO3/c1-16(2)8-7-12-14(20-16)11-6-5-10(17(3)4)9-13(11)19-15(12)18/h5-9H,1-4H3. The van der Waals surface area contributed by atoms with Crippen molar-refractivity contribution in [3.63, 3.8) is 0 Å². The molecule has 3 rings (SSSR count). The number of fused-ring (bicyclic) bond motifs is 3. The van der Waals surface area contributed by atoms with Gasteiger partial charge >= 0.3 is 5.63 Å². The van der Waals surface area contributed by atoms with Crippen LogP contribution < -0.4 is 15.3 Å². The minimum atomic E-state index is -0.423. The van der Waals surface area contributed by atoms with Gasteiger partial charge in [0.1, 0.15) is 22.5 Å². The average molecular weight is 271 g/mol. The molecule has 0 radical (unpaired) electrons. The van der Waals surface area contributed by atoms with E-state index in [0.29, 0.717) is 16.9 Å². The molecule has 0 atom stereocenters. The number of ether oxygens (including phenoxy) is 1. The molecule has 4 nitrogen and oxygen atoms in total. The van der Waals surface area contributed by atoms with Crippen LogP contribution in [0.3, 0.4) is 0 Å². The second-order valence-electron chi connectivity index (χ2n) is 5.75. The van der Waals surface area contributed by atoms with E-state index in [9.17, 15) is 4.79 Å². The fourth-order valence-electron chi connectivity index (χ4n) is 2.29. The fourth-order valence-corrected chi connectivity index (χ4v) is 2.29. The molecule has 2 heterocycles. The van der Waals surface area contributed by atoms with E-state index in [1.165, 1.54) is 0 Å². The van der Waals surface area contributed by atoms with E-state index in [1.54, 1.807) is 6.08 Å². The minimum Gasteiger partial charge on any atom is -0.482 e. The Labute approximate surface area is 117 Å². The lowest BCUT2D eigenvalue weighted by Crippen LogP contribution is -2.29. The monoisotopic (exact) mass is 271 g/mol. The van der Waals surface area contributed by atoms with Gasteiger partial charge in [0.05, 0.1) is 5.39 Å². The summed E-state index contributed by atoms with van der Waals surface area (Å²) >= 11 is 0. The maximum absolute atomic E-state index is 12.1. The summed E-state index contributed by atoms with van der Waals surface area (Å²) in [5.41, 5.74) is 1.22. The molecule has 0 aliphatic carbocycles. The summed E-state index contributed by atoms with van der Waals surface area (Å²) in [6.07, 6.45) is 3.65. The van der Waals surface area contributed by atoms with Gasteiger partial charge < -0.3 is 14.1 Å². The summed E-state index contributed by atoms with van der Waals surface area (Å²) in [5, 5.41) is 0.822. The number of benzene rings is 1. The Morgan fingerprint density at radius 2 is 1.95 bits per heavy atom. The lowest BCUT2D eigenvalue weighted by Gasteiger charge is -2.28. The van der Waals surface area contributed by atoms with Gasteiger partial charge in [0.15, 0.2) is 0 Å². The largest absolute Gasteiger partial charge is 0.482 e. The van der Waals surface area contributed by atoms with Crippen molar-refractivity contribution < 1.29 is 9.15 Å². The first-order chi connectivity index (χ1) is 9.37. The first-order valence-corrected chi connectivity index (χ1v) is 6.54. The number of rotatable bonds is 1. The highest BCUT2D eigenvalue weighted by molar-refractivity contribution is 5.89. The normalized spacial score (nSPS) is 15.8. The summed E-state index contributed by atoms with van der Waals surface area (Å²) in [5.74, 6) is 0.606. The van der Waals surface area contributed by atoms with Crippen molar-refractivity contribution in [1.82, 2.24) is 0 Å². The molecule has 0 spiro atoms. The van der Waals surface area contributed by atoms with E-state index in [0.717, 1.165) is 11.1 Å². The van der Waals surface area contributed by atoms with Crippen LogP contribution in [0.5, 0.6) is 5.75 Å². The van der Waals surface area contributed by atoms with Gasteiger partial charge in [0.2, 0.25) is 0 Å². The Morgan fingerprint density at radius 3 is 2.65 bits per heavy atom. The first-order valence-electron chi connectivity index (χ1n) is 6.54. The SMILES string of the molecule is CN(C)c1ccc2c3c(c(=O)oc2c1)C=CC(C)(C)O3.